The number of benzene rings is 1. The van der Waals surface area contributed by atoms with Gasteiger partial charge < -0.3 is 5.32 Å². The third-order valence-corrected chi connectivity index (χ3v) is 4.30. The van der Waals surface area contributed by atoms with Crippen molar-refractivity contribution in [2.24, 2.45) is 0 Å². The monoisotopic (exact) mass is 363 g/mol. The summed E-state index contributed by atoms with van der Waals surface area (Å²) in [4.78, 5) is 21.5. The maximum atomic E-state index is 13.0. The zero-order valence-corrected chi connectivity index (χ0v) is 13.6. The van der Waals surface area contributed by atoms with Crippen molar-refractivity contribution in [3.63, 3.8) is 0 Å². The Morgan fingerprint density at radius 3 is 2.56 bits per heavy atom. The summed E-state index contributed by atoms with van der Waals surface area (Å²) in [6.45, 7) is -0.0217. The molecule has 3 aromatic rings. The van der Waals surface area contributed by atoms with E-state index >= 15 is 0 Å². The van der Waals surface area contributed by atoms with Gasteiger partial charge in [0.1, 0.15) is 5.69 Å². The van der Waals surface area contributed by atoms with Crippen LogP contribution in [0.2, 0.25) is 0 Å². The van der Waals surface area contributed by atoms with E-state index in [1.165, 1.54) is 35.9 Å². The number of halogens is 3. The van der Waals surface area contributed by atoms with E-state index < -0.39 is 23.2 Å². The van der Waals surface area contributed by atoms with Crippen LogP contribution in [-0.2, 0) is 12.7 Å². The number of hydrogen-bond acceptors (Lipinski definition) is 4. The summed E-state index contributed by atoms with van der Waals surface area (Å²) in [6.07, 6.45) is -1.59. The van der Waals surface area contributed by atoms with Gasteiger partial charge in [-0.05, 0) is 23.6 Å². The fraction of sp³-hybridized carbons (Fsp3) is 0.118. The highest BCUT2D eigenvalue weighted by atomic mass is 32.1. The summed E-state index contributed by atoms with van der Waals surface area (Å²) in [5.41, 5.74) is -0.300. The fourth-order valence-corrected chi connectivity index (χ4v) is 3.05. The molecule has 4 nitrogen and oxygen atoms in total. The molecule has 1 N–H and O–H groups in total. The van der Waals surface area contributed by atoms with Crippen LogP contribution in [0.25, 0.3) is 10.6 Å². The average Bonchev–Trinajstić information content (AvgIpc) is 3.13. The normalized spacial score (nSPS) is 11.3. The van der Waals surface area contributed by atoms with Gasteiger partial charge in [0.15, 0.2) is 0 Å². The van der Waals surface area contributed by atoms with Crippen molar-refractivity contribution in [1.29, 1.82) is 0 Å². The molecule has 0 aliphatic rings. The van der Waals surface area contributed by atoms with E-state index in [9.17, 15) is 18.0 Å². The van der Waals surface area contributed by atoms with Crippen molar-refractivity contribution in [3.05, 3.63) is 71.0 Å². The molecule has 0 atom stereocenters. The lowest BCUT2D eigenvalue weighted by Gasteiger charge is -2.13. The van der Waals surface area contributed by atoms with Gasteiger partial charge in [0, 0.05) is 12.4 Å². The van der Waals surface area contributed by atoms with E-state index in [1.54, 1.807) is 0 Å². The Bertz CT molecular complexity index is 879. The van der Waals surface area contributed by atoms with Gasteiger partial charge in [-0.1, -0.05) is 18.2 Å². The molecule has 0 radical (unpaired) electrons. The molecule has 1 aromatic carbocycles. The van der Waals surface area contributed by atoms with Crippen LogP contribution < -0.4 is 5.32 Å². The van der Waals surface area contributed by atoms with E-state index in [4.69, 9.17) is 0 Å². The molecule has 3 rings (SSSR count). The summed E-state index contributed by atoms with van der Waals surface area (Å²) in [5.74, 6) is -0.810. The first-order chi connectivity index (χ1) is 12.0. The Morgan fingerprint density at radius 1 is 1.08 bits per heavy atom. The van der Waals surface area contributed by atoms with Crippen LogP contribution in [-0.4, -0.2) is 15.9 Å². The zero-order valence-electron chi connectivity index (χ0n) is 12.7. The van der Waals surface area contributed by atoms with Crippen molar-refractivity contribution in [3.8, 4) is 10.6 Å². The van der Waals surface area contributed by atoms with Crippen molar-refractivity contribution < 1.29 is 18.0 Å². The van der Waals surface area contributed by atoms with Crippen molar-refractivity contribution in [2.75, 3.05) is 0 Å². The standard InChI is InChI=1S/C17H12F3N3OS/c18-17(19,20)12-5-2-1-4-11(12)16(24)23-10-13-15(22-8-7-21-13)14-6-3-9-25-14/h1-9H,10H2,(H,23,24). The average molecular weight is 363 g/mol. The van der Waals surface area contributed by atoms with Crippen LogP contribution in [0.4, 0.5) is 13.2 Å². The molecule has 1 amide bonds. The molecule has 8 heteroatoms. The molecule has 0 spiro atoms. The van der Waals surface area contributed by atoms with Crippen LogP contribution in [0.5, 0.6) is 0 Å². The largest absolute Gasteiger partial charge is 0.417 e. The summed E-state index contributed by atoms with van der Waals surface area (Å²) < 4.78 is 39.1. The first kappa shape index (κ1) is 17.1. The summed E-state index contributed by atoms with van der Waals surface area (Å²) >= 11 is 1.46. The van der Waals surface area contributed by atoms with Crippen LogP contribution in [0.3, 0.4) is 0 Å². The molecule has 0 unspecified atom stereocenters. The summed E-state index contributed by atoms with van der Waals surface area (Å²) in [6, 6.07) is 8.39. The number of thiophene rings is 1. The van der Waals surface area contributed by atoms with Crippen molar-refractivity contribution >= 4 is 17.2 Å². The minimum Gasteiger partial charge on any atom is -0.346 e. The van der Waals surface area contributed by atoms with Crippen LogP contribution >= 0.6 is 11.3 Å². The predicted molar refractivity (Wildman–Crippen MR) is 88.0 cm³/mol. The summed E-state index contributed by atoms with van der Waals surface area (Å²) in [5, 5.41) is 4.37. The molecular weight excluding hydrogens is 351 g/mol. The van der Waals surface area contributed by atoms with Gasteiger partial charge in [0.2, 0.25) is 0 Å². The molecule has 2 aromatic heterocycles. The Morgan fingerprint density at radius 2 is 1.84 bits per heavy atom. The van der Waals surface area contributed by atoms with E-state index in [0.29, 0.717) is 11.4 Å². The van der Waals surface area contributed by atoms with Crippen LogP contribution in [0.1, 0.15) is 21.6 Å². The van der Waals surface area contributed by atoms with E-state index in [1.807, 2.05) is 17.5 Å². The number of carbonyl (C=O) groups excluding carboxylic acids is 1. The van der Waals surface area contributed by atoms with Crippen molar-refractivity contribution in [2.45, 2.75) is 12.7 Å². The lowest BCUT2D eigenvalue weighted by molar-refractivity contribution is -0.137. The van der Waals surface area contributed by atoms with Gasteiger partial charge in [0.25, 0.3) is 5.91 Å². The smallest absolute Gasteiger partial charge is 0.346 e. The van der Waals surface area contributed by atoms with E-state index in [2.05, 4.69) is 15.3 Å². The molecular formula is C17H12F3N3OS. The topological polar surface area (TPSA) is 54.9 Å². The molecule has 0 saturated carbocycles. The SMILES string of the molecule is O=C(NCc1nccnc1-c1cccs1)c1ccccc1C(F)(F)F. The number of hydrogen-bond donors (Lipinski definition) is 1. The maximum absolute atomic E-state index is 13.0. The van der Waals surface area contributed by atoms with Gasteiger partial charge in [0.05, 0.1) is 28.2 Å². The number of nitrogens with one attached hydrogen (secondary N) is 1. The number of aromatic nitrogens is 2. The second kappa shape index (κ2) is 7.02. The van der Waals surface area contributed by atoms with Crippen LogP contribution in [0.15, 0.2) is 54.2 Å². The minimum absolute atomic E-state index is 0.0217. The summed E-state index contributed by atoms with van der Waals surface area (Å²) in [7, 11) is 0. The molecule has 0 aliphatic carbocycles. The number of nitrogens with zero attached hydrogens (tertiary/aromatic N) is 2. The second-order valence-electron chi connectivity index (χ2n) is 5.05. The Labute approximate surface area is 145 Å². The molecule has 25 heavy (non-hydrogen) atoms. The predicted octanol–water partition coefficient (Wildman–Crippen LogP) is 4.15. The first-order valence-corrected chi connectivity index (χ1v) is 8.13. The second-order valence-corrected chi connectivity index (χ2v) is 6.00. The molecule has 0 aliphatic heterocycles. The Kier molecular flexibility index (Phi) is 4.80. The molecule has 0 fully saturated rings. The van der Waals surface area contributed by atoms with Gasteiger partial charge in [-0.15, -0.1) is 11.3 Å². The highest BCUT2D eigenvalue weighted by molar-refractivity contribution is 7.13. The van der Waals surface area contributed by atoms with E-state index in [-0.39, 0.29) is 6.54 Å². The first-order valence-electron chi connectivity index (χ1n) is 7.25. The number of amides is 1. The van der Waals surface area contributed by atoms with E-state index in [0.717, 1.165) is 17.0 Å². The molecule has 128 valence electrons. The van der Waals surface area contributed by atoms with Gasteiger partial charge in [-0.25, -0.2) is 0 Å². The molecule has 0 bridgehead atoms. The fourth-order valence-electron chi connectivity index (χ4n) is 2.30. The molecule has 2 heterocycles. The van der Waals surface area contributed by atoms with Crippen LogP contribution in [0, 0.1) is 0 Å². The maximum Gasteiger partial charge on any atom is 0.417 e. The van der Waals surface area contributed by atoms with Gasteiger partial charge >= 0.3 is 6.18 Å². The van der Waals surface area contributed by atoms with Gasteiger partial charge in [-0.3, -0.25) is 14.8 Å². The highest BCUT2D eigenvalue weighted by Gasteiger charge is 2.34. The third-order valence-electron chi connectivity index (χ3n) is 3.42. The van der Waals surface area contributed by atoms with Gasteiger partial charge in [-0.2, -0.15) is 13.2 Å². The quantitative estimate of drug-likeness (QED) is 0.757. The lowest BCUT2D eigenvalue weighted by atomic mass is 10.1. The highest BCUT2D eigenvalue weighted by Crippen LogP contribution is 2.32. The number of rotatable bonds is 4. The number of alkyl halides is 3. The number of carbonyl (C=O) groups is 1. The zero-order chi connectivity index (χ0) is 17.9. The Balaban J connectivity index is 1.81. The minimum atomic E-state index is -4.59. The Hall–Kier alpha value is -2.74. The third kappa shape index (κ3) is 3.85. The van der Waals surface area contributed by atoms with Crippen molar-refractivity contribution in [1.82, 2.24) is 15.3 Å². The lowest BCUT2D eigenvalue weighted by Crippen LogP contribution is -2.26. The molecule has 0 saturated heterocycles.